The number of hydrogen-bond acceptors (Lipinski definition) is 5. The maximum absolute atomic E-state index is 11.9. The second-order valence-corrected chi connectivity index (χ2v) is 5.78. The zero-order valence-corrected chi connectivity index (χ0v) is 12.8. The Balaban J connectivity index is 2.50. The summed E-state index contributed by atoms with van der Waals surface area (Å²) in [6.07, 6.45) is 2.79. The van der Waals surface area contributed by atoms with Crippen LogP contribution in [0.4, 0.5) is 0 Å². The van der Waals surface area contributed by atoms with Crippen molar-refractivity contribution < 1.29 is 34.5 Å². The number of Topliss-reactive ketones (excluding diaryl/α,β-unsaturated/α-hetero) is 2. The Kier molecular flexibility index (Phi) is 7.61. The van der Waals surface area contributed by atoms with Gasteiger partial charge in [-0.05, 0) is 18.8 Å². The normalized spacial score (nSPS) is 24.2. The van der Waals surface area contributed by atoms with Crippen LogP contribution in [0.1, 0.15) is 44.9 Å². The van der Waals surface area contributed by atoms with E-state index in [9.17, 15) is 24.3 Å². The molecular weight excluding hydrogens is 304 g/mol. The molecule has 0 spiro atoms. The lowest BCUT2D eigenvalue weighted by atomic mass is 9.86. The van der Waals surface area contributed by atoms with Gasteiger partial charge in [0, 0.05) is 25.2 Å². The summed E-state index contributed by atoms with van der Waals surface area (Å²) in [5.74, 6) is -3.05. The molecule has 23 heavy (non-hydrogen) atoms. The van der Waals surface area contributed by atoms with Gasteiger partial charge in [0.05, 0.1) is 18.9 Å². The van der Waals surface area contributed by atoms with Gasteiger partial charge >= 0.3 is 11.9 Å². The Morgan fingerprint density at radius 3 is 2.35 bits per heavy atom. The molecule has 1 fully saturated rings. The average molecular weight is 326 g/mol. The first-order chi connectivity index (χ1) is 10.8. The van der Waals surface area contributed by atoms with Crippen LogP contribution >= 0.6 is 0 Å². The molecule has 7 heteroatoms. The van der Waals surface area contributed by atoms with Crippen LogP contribution in [0.5, 0.6) is 0 Å². The van der Waals surface area contributed by atoms with E-state index >= 15 is 0 Å². The Hall–Kier alpha value is -2.02. The zero-order chi connectivity index (χ0) is 17.4. The number of rotatable bonds is 10. The van der Waals surface area contributed by atoms with Crippen molar-refractivity contribution in [3.05, 3.63) is 12.2 Å². The Labute approximate surface area is 134 Å². The van der Waals surface area contributed by atoms with Crippen LogP contribution in [-0.2, 0) is 19.2 Å². The van der Waals surface area contributed by atoms with Gasteiger partial charge < -0.3 is 15.3 Å². The molecule has 1 saturated carbocycles. The number of ketones is 2. The molecule has 0 saturated heterocycles. The van der Waals surface area contributed by atoms with Crippen LogP contribution < -0.4 is 0 Å². The van der Waals surface area contributed by atoms with Crippen LogP contribution in [0.3, 0.4) is 0 Å². The average Bonchev–Trinajstić information content (AvgIpc) is 2.72. The van der Waals surface area contributed by atoms with E-state index in [-0.39, 0.29) is 49.6 Å². The Morgan fingerprint density at radius 2 is 1.74 bits per heavy atom. The van der Waals surface area contributed by atoms with Gasteiger partial charge in [-0.3, -0.25) is 19.2 Å². The predicted molar refractivity (Wildman–Crippen MR) is 79.7 cm³/mol. The molecule has 3 unspecified atom stereocenters. The summed E-state index contributed by atoms with van der Waals surface area (Å²) in [7, 11) is 0. The third kappa shape index (κ3) is 6.73. The van der Waals surface area contributed by atoms with Crippen LogP contribution in [0.15, 0.2) is 12.2 Å². The monoisotopic (exact) mass is 326 g/mol. The second-order valence-electron chi connectivity index (χ2n) is 5.78. The largest absolute Gasteiger partial charge is 0.481 e. The summed E-state index contributed by atoms with van der Waals surface area (Å²) in [5.41, 5.74) is 0. The standard InChI is InChI=1S/C16H22O7/c17-10(6-8-16(22)23)5-7-12-11(13(18)9-14(12)19)3-1-2-4-15(20)21/h1-2,11-13,18H,3-9H2,(H,20,21)(H,22,23). The van der Waals surface area contributed by atoms with Gasteiger partial charge in [0.1, 0.15) is 11.6 Å². The summed E-state index contributed by atoms with van der Waals surface area (Å²) in [5, 5.41) is 27.0. The second kappa shape index (κ2) is 9.19. The number of carbonyl (C=O) groups excluding carboxylic acids is 2. The molecule has 0 aliphatic heterocycles. The molecule has 128 valence electrons. The van der Waals surface area contributed by atoms with Crippen LogP contribution in [0, 0.1) is 11.8 Å². The highest BCUT2D eigenvalue weighted by Gasteiger charge is 2.40. The highest BCUT2D eigenvalue weighted by Crippen LogP contribution is 2.35. The molecule has 1 aliphatic rings. The smallest absolute Gasteiger partial charge is 0.307 e. The van der Waals surface area contributed by atoms with Gasteiger partial charge in [-0.15, -0.1) is 0 Å². The van der Waals surface area contributed by atoms with E-state index in [4.69, 9.17) is 10.2 Å². The topological polar surface area (TPSA) is 129 Å². The van der Waals surface area contributed by atoms with Gasteiger partial charge in [0.15, 0.2) is 0 Å². The van der Waals surface area contributed by atoms with E-state index < -0.39 is 24.0 Å². The first kappa shape index (κ1) is 19.0. The Bertz CT molecular complexity index is 495. The molecule has 1 rings (SSSR count). The lowest BCUT2D eigenvalue weighted by Gasteiger charge is -2.19. The first-order valence-corrected chi connectivity index (χ1v) is 7.62. The maximum atomic E-state index is 11.9. The fourth-order valence-corrected chi connectivity index (χ4v) is 2.84. The van der Waals surface area contributed by atoms with Crippen molar-refractivity contribution in [2.75, 3.05) is 0 Å². The first-order valence-electron chi connectivity index (χ1n) is 7.62. The number of aliphatic hydroxyl groups is 1. The van der Waals surface area contributed by atoms with E-state index in [1.807, 2.05) is 0 Å². The fraction of sp³-hybridized carbons (Fsp3) is 0.625. The summed E-state index contributed by atoms with van der Waals surface area (Å²) < 4.78 is 0. The van der Waals surface area contributed by atoms with Gasteiger partial charge in [-0.25, -0.2) is 0 Å². The van der Waals surface area contributed by atoms with Crippen molar-refractivity contribution in [2.24, 2.45) is 11.8 Å². The van der Waals surface area contributed by atoms with Crippen molar-refractivity contribution in [2.45, 2.75) is 51.0 Å². The lowest BCUT2D eigenvalue weighted by molar-refractivity contribution is -0.138. The lowest BCUT2D eigenvalue weighted by Crippen LogP contribution is -2.21. The molecule has 3 N–H and O–H groups in total. The number of carboxylic acid groups (broad SMARTS) is 2. The number of carboxylic acids is 2. The van der Waals surface area contributed by atoms with Gasteiger partial charge in [0.25, 0.3) is 0 Å². The van der Waals surface area contributed by atoms with Crippen molar-refractivity contribution in [3.63, 3.8) is 0 Å². The molecule has 3 atom stereocenters. The highest BCUT2D eigenvalue weighted by atomic mass is 16.4. The molecule has 0 heterocycles. The summed E-state index contributed by atoms with van der Waals surface area (Å²) in [6, 6.07) is 0. The number of carbonyl (C=O) groups is 4. The minimum atomic E-state index is -1.04. The van der Waals surface area contributed by atoms with Crippen molar-refractivity contribution in [3.8, 4) is 0 Å². The molecule has 0 aromatic carbocycles. The van der Waals surface area contributed by atoms with E-state index in [2.05, 4.69) is 0 Å². The third-order valence-electron chi connectivity index (χ3n) is 4.05. The SMILES string of the molecule is O=C(O)CC=CCC1C(O)CC(=O)C1CCC(=O)CCC(=O)O. The van der Waals surface area contributed by atoms with Crippen molar-refractivity contribution in [1.82, 2.24) is 0 Å². The molecule has 1 aliphatic carbocycles. The third-order valence-corrected chi connectivity index (χ3v) is 4.05. The molecule has 0 aromatic rings. The van der Waals surface area contributed by atoms with Gasteiger partial charge in [-0.2, -0.15) is 0 Å². The van der Waals surface area contributed by atoms with Crippen molar-refractivity contribution >= 4 is 23.5 Å². The predicted octanol–water partition coefficient (Wildman–Crippen LogP) is 1.19. The minimum Gasteiger partial charge on any atom is -0.481 e. The number of aliphatic carboxylic acids is 2. The van der Waals surface area contributed by atoms with E-state index in [0.717, 1.165) is 0 Å². The van der Waals surface area contributed by atoms with E-state index in [0.29, 0.717) is 12.8 Å². The van der Waals surface area contributed by atoms with Crippen LogP contribution in [0.25, 0.3) is 0 Å². The number of allylic oxidation sites excluding steroid dienone is 1. The maximum Gasteiger partial charge on any atom is 0.307 e. The quantitative estimate of drug-likeness (QED) is 0.514. The molecule has 0 amide bonds. The number of hydrogen-bond donors (Lipinski definition) is 3. The van der Waals surface area contributed by atoms with E-state index in [1.165, 1.54) is 6.08 Å². The molecule has 7 nitrogen and oxygen atoms in total. The minimum absolute atomic E-state index is 0.0470. The highest BCUT2D eigenvalue weighted by molar-refractivity contribution is 5.86. The molecule has 0 bridgehead atoms. The fourth-order valence-electron chi connectivity index (χ4n) is 2.84. The summed E-state index contributed by atoms with van der Waals surface area (Å²) >= 11 is 0. The zero-order valence-electron chi connectivity index (χ0n) is 12.8. The Morgan fingerprint density at radius 1 is 1.04 bits per heavy atom. The van der Waals surface area contributed by atoms with Crippen LogP contribution in [-0.4, -0.2) is 44.9 Å². The van der Waals surface area contributed by atoms with Gasteiger partial charge in [-0.1, -0.05) is 12.2 Å². The molecule has 0 radical (unpaired) electrons. The van der Waals surface area contributed by atoms with Gasteiger partial charge in [0.2, 0.25) is 0 Å². The van der Waals surface area contributed by atoms with E-state index in [1.54, 1.807) is 6.08 Å². The molecule has 0 aromatic heterocycles. The van der Waals surface area contributed by atoms with Crippen molar-refractivity contribution in [1.29, 1.82) is 0 Å². The molecular formula is C16H22O7. The summed E-state index contributed by atoms with van der Waals surface area (Å²) in [6.45, 7) is 0. The van der Waals surface area contributed by atoms with Crippen LogP contribution in [0.2, 0.25) is 0 Å². The number of aliphatic hydroxyl groups excluding tert-OH is 1. The summed E-state index contributed by atoms with van der Waals surface area (Å²) in [4.78, 5) is 44.4.